The Labute approximate surface area is 225 Å². The van der Waals surface area contributed by atoms with E-state index in [4.69, 9.17) is 25.8 Å². The fourth-order valence-corrected chi connectivity index (χ4v) is 4.86. The second kappa shape index (κ2) is 14.1. The minimum atomic E-state index is -0.890. The van der Waals surface area contributed by atoms with Gasteiger partial charge in [-0.05, 0) is 62.1 Å². The van der Waals surface area contributed by atoms with Crippen molar-refractivity contribution in [2.45, 2.75) is 77.1 Å². The average Bonchev–Trinajstić information content (AvgIpc) is 3.17. The Bertz CT molecular complexity index is 1020. The molecular weight excluding hydrogens is 492 g/mol. The van der Waals surface area contributed by atoms with Crippen LogP contribution in [0.5, 0.6) is 17.2 Å². The lowest BCUT2D eigenvalue weighted by Gasteiger charge is -2.33. The van der Waals surface area contributed by atoms with Crippen molar-refractivity contribution in [3.8, 4) is 17.2 Å². The molecule has 1 atom stereocenters. The van der Waals surface area contributed by atoms with E-state index in [1.807, 2.05) is 44.2 Å². The minimum absolute atomic E-state index is 0.0431. The van der Waals surface area contributed by atoms with Crippen LogP contribution in [-0.4, -0.2) is 49.0 Å². The lowest BCUT2D eigenvalue weighted by Crippen LogP contribution is -2.46. The highest BCUT2D eigenvalue weighted by Gasteiger charge is 2.33. The number of benzene rings is 2. The molecule has 0 heterocycles. The summed E-state index contributed by atoms with van der Waals surface area (Å²) in [7, 11) is 3.16. The summed E-state index contributed by atoms with van der Waals surface area (Å²) in [4.78, 5) is 28.6. The van der Waals surface area contributed by atoms with Gasteiger partial charge in [-0.15, -0.1) is 11.6 Å². The number of amides is 2. The SMILES string of the molecule is COc1ccc(CN(C(=O)CCl)[C@@H](C(=O)NC2CCCCCC2)c2ccc(OC(C)C)c(OC)c2)cc1. The first kappa shape index (κ1) is 28.6. The van der Waals surface area contributed by atoms with E-state index in [0.717, 1.165) is 31.2 Å². The number of nitrogens with one attached hydrogen (secondary N) is 1. The lowest BCUT2D eigenvalue weighted by atomic mass is 10.0. The third-order valence-corrected chi connectivity index (χ3v) is 6.80. The van der Waals surface area contributed by atoms with E-state index in [9.17, 15) is 9.59 Å². The summed E-state index contributed by atoms with van der Waals surface area (Å²) in [5.74, 6) is 0.996. The summed E-state index contributed by atoms with van der Waals surface area (Å²) in [5, 5.41) is 3.24. The summed E-state index contributed by atoms with van der Waals surface area (Å²) in [6.07, 6.45) is 6.35. The van der Waals surface area contributed by atoms with Crippen LogP contribution in [0.1, 0.15) is 69.5 Å². The van der Waals surface area contributed by atoms with Gasteiger partial charge in [0.05, 0.1) is 20.3 Å². The number of rotatable bonds is 11. The van der Waals surface area contributed by atoms with Crippen LogP contribution in [0.2, 0.25) is 0 Å². The summed E-state index contributed by atoms with van der Waals surface area (Å²) in [6, 6.07) is 12.0. The summed E-state index contributed by atoms with van der Waals surface area (Å²) in [5.41, 5.74) is 1.49. The largest absolute Gasteiger partial charge is 0.497 e. The monoisotopic (exact) mass is 530 g/mol. The van der Waals surface area contributed by atoms with Crippen LogP contribution in [-0.2, 0) is 16.1 Å². The molecule has 0 bridgehead atoms. The maximum atomic E-state index is 13.9. The molecule has 0 saturated heterocycles. The second-order valence-electron chi connectivity index (χ2n) is 9.68. The van der Waals surface area contributed by atoms with E-state index in [1.165, 1.54) is 12.8 Å². The molecule has 1 aliphatic rings. The zero-order valence-corrected chi connectivity index (χ0v) is 23.1. The molecule has 0 radical (unpaired) electrons. The fourth-order valence-electron chi connectivity index (χ4n) is 4.71. The van der Waals surface area contributed by atoms with Gasteiger partial charge in [0.1, 0.15) is 17.7 Å². The predicted octanol–water partition coefficient (Wildman–Crippen LogP) is 5.64. The number of carbonyl (C=O) groups is 2. The Balaban J connectivity index is 2.01. The van der Waals surface area contributed by atoms with Gasteiger partial charge in [-0.2, -0.15) is 0 Å². The van der Waals surface area contributed by atoms with Gasteiger partial charge in [-0.1, -0.05) is 43.9 Å². The number of carbonyl (C=O) groups excluding carboxylic acids is 2. The van der Waals surface area contributed by atoms with Crippen LogP contribution in [0, 0.1) is 0 Å². The van der Waals surface area contributed by atoms with Crippen molar-refractivity contribution in [1.82, 2.24) is 10.2 Å². The Morgan fingerprint density at radius 3 is 2.22 bits per heavy atom. The van der Waals surface area contributed by atoms with Crippen molar-refractivity contribution in [3.63, 3.8) is 0 Å². The lowest BCUT2D eigenvalue weighted by molar-refractivity contribution is -0.140. The molecule has 202 valence electrons. The highest BCUT2D eigenvalue weighted by atomic mass is 35.5. The third kappa shape index (κ3) is 8.03. The molecule has 1 aliphatic carbocycles. The molecule has 3 rings (SSSR count). The van der Waals surface area contributed by atoms with Gasteiger partial charge in [0.15, 0.2) is 11.5 Å². The van der Waals surface area contributed by atoms with Crippen LogP contribution in [0.25, 0.3) is 0 Å². The summed E-state index contributed by atoms with van der Waals surface area (Å²) >= 11 is 6.06. The molecule has 1 N–H and O–H groups in total. The third-order valence-electron chi connectivity index (χ3n) is 6.57. The molecule has 0 aliphatic heterocycles. The number of alkyl halides is 1. The van der Waals surface area contributed by atoms with Crippen molar-refractivity contribution in [1.29, 1.82) is 0 Å². The first-order valence-corrected chi connectivity index (χ1v) is 13.5. The van der Waals surface area contributed by atoms with E-state index in [-0.39, 0.29) is 36.4 Å². The van der Waals surface area contributed by atoms with Gasteiger partial charge in [0.25, 0.3) is 0 Å². The second-order valence-corrected chi connectivity index (χ2v) is 9.95. The highest BCUT2D eigenvalue weighted by Crippen LogP contribution is 2.34. The number of nitrogens with zero attached hydrogens (tertiary/aromatic N) is 1. The molecular formula is C29H39ClN2O5. The predicted molar refractivity (Wildman–Crippen MR) is 145 cm³/mol. The smallest absolute Gasteiger partial charge is 0.247 e. The first-order valence-electron chi connectivity index (χ1n) is 13.0. The van der Waals surface area contributed by atoms with Crippen molar-refractivity contribution in [2.75, 3.05) is 20.1 Å². The molecule has 0 spiro atoms. The Hall–Kier alpha value is -2.93. The average molecular weight is 531 g/mol. The van der Waals surface area contributed by atoms with Crippen LogP contribution in [0.4, 0.5) is 0 Å². The number of hydrogen-bond acceptors (Lipinski definition) is 5. The zero-order valence-electron chi connectivity index (χ0n) is 22.3. The van der Waals surface area contributed by atoms with E-state index in [1.54, 1.807) is 31.3 Å². The van der Waals surface area contributed by atoms with Gasteiger partial charge in [0, 0.05) is 12.6 Å². The number of hydrogen-bond donors (Lipinski definition) is 1. The van der Waals surface area contributed by atoms with Crippen LogP contribution < -0.4 is 19.5 Å². The molecule has 2 amide bonds. The van der Waals surface area contributed by atoms with E-state index >= 15 is 0 Å². The highest BCUT2D eigenvalue weighted by molar-refractivity contribution is 6.27. The maximum Gasteiger partial charge on any atom is 0.247 e. The van der Waals surface area contributed by atoms with Crippen molar-refractivity contribution >= 4 is 23.4 Å². The number of methoxy groups -OCH3 is 2. The number of halogens is 1. The van der Waals surface area contributed by atoms with Gasteiger partial charge < -0.3 is 24.4 Å². The van der Waals surface area contributed by atoms with Gasteiger partial charge in [-0.25, -0.2) is 0 Å². The Morgan fingerprint density at radius 1 is 0.973 bits per heavy atom. The summed E-state index contributed by atoms with van der Waals surface area (Å²) in [6.45, 7) is 4.09. The van der Waals surface area contributed by atoms with E-state index in [0.29, 0.717) is 22.8 Å². The maximum absolute atomic E-state index is 13.9. The molecule has 0 unspecified atom stereocenters. The Morgan fingerprint density at radius 2 is 1.65 bits per heavy atom. The number of ether oxygens (including phenoxy) is 3. The topological polar surface area (TPSA) is 77.1 Å². The molecule has 2 aromatic rings. The van der Waals surface area contributed by atoms with Gasteiger partial charge >= 0.3 is 0 Å². The normalized spacial score (nSPS) is 15.0. The first-order chi connectivity index (χ1) is 17.9. The molecule has 37 heavy (non-hydrogen) atoms. The van der Waals surface area contributed by atoms with Crippen LogP contribution in [0.3, 0.4) is 0 Å². The van der Waals surface area contributed by atoms with E-state index < -0.39 is 6.04 Å². The summed E-state index contributed by atoms with van der Waals surface area (Å²) < 4.78 is 16.7. The van der Waals surface area contributed by atoms with Crippen molar-refractivity contribution in [2.24, 2.45) is 0 Å². The van der Waals surface area contributed by atoms with Crippen molar-refractivity contribution in [3.05, 3.63) is 53.6 Å². The van der Waals surface area contributed by atoms with Crippen molar-refractivity contribution < 1.29 is 23.8 Å². The van der Waals surface area contributed by atoms with Gasteiger partial charge in [0.2, 0.25) is 11.8 Å². The zero-order chi connectivity index (χ0) is 26.8. The molecule has 1 saturated carbocycles. The quantitative estimate of drug-likeness (QED) is 0.300. The van der Waals surface area contributed by atoms with Gasteiger partial charge in [-0.3, -0.25) is 9.59 Å². The Kier molecular flexibility index (Phi) is 10.9. The molecule has 7 nitrogen and oxygen atoms in total. The van der Waals surface area contributed by atoms with E-state index in [2.05, 4.69) is 5.32 Å². The van der Waals surface area contributed by atoms with Crippen LogP contribution in [0.15, 0.2) is 42.5 Å². The molecule has 8 heteroatoms. The standard InChI is InChI=1S/C29H39ClN2O5/c1-20(2)37-25-16-13-22(17-26(25)36-4)28(29(34)31-23-9-7-5-6-8-10-23)32(27(33)18-30)19-21-11-14-24(35-3)15-12-21/h11-17,20,23,28H,5-10,18-19H2,1-4H3,(H,31,34)/t28-/m1/s1. The molecule has 0 aromatic heterocycles. The minimum Gasteiger partial charge on any atom is -0.497 e. The van der Waals surface area contributed by atoms with Crippen LogP contribution >= 0.6 is 11.6 Å². The molecule has 2 aromatic carbocycles. The molecule has 1 fully saturated rings. The fraction of sp³-hybridized carbons (Fsp3) is 0.517.